The molecular weight excluding hydrogens is 576 g/mol. The first-order chi connectivity index (χ1) is 21.3. The summed E-state index contributed by atoms with van der Waals surface area (Å²) < 4.78 is 45.7. The molecule has 5 rings (SSSR count). The van der Waals surface area contributed by atoms with Crippen molar-refractivity contribution in [2.45, 2.75) is 24.4 Å². The third-order valence-electron chi connectivity index (χ3n) is 8.25. The van der Waals surface area contributed by atoms with Crippen molar-refractivity contribution in [3.8, 4) is 46.0 Å². The summed E-state index contributed by atoms with van der Waals surface area (Å²) in [6.07, 6.45) is -3.06. The number of rotatable bonds is 12. The van der Waals surface area contributed by atoms with Gasteiger partial charge in [0.2, 0.25) is 11.5 Å². The van der Waals surface area contributed by atoms with Gasteiger partial charge in [-0.2, -0.15) is 0 Å². The zero-order chi connectivity index (χ0) is 31.5. The lowest BCUT2D eigenvalue weighted by atomic mass is 9.84. The van der Waals surface area contributed by atoms with Gasteiger partial charge in [0.15, 0.2) is 40.6 Å². The molecule has 44 heavy (non-hydrogen) atoms. The van der Waals surface area contributed by atoms with Crippen LogP contribution in [0.15, 0.2) is 42.5 Å². The van der Waals surface area contributed by atoms with Crippen LogP contribution in [0, 0.1) is 11.8 Å². The molecule has 2 aliphatic rings. The standard InChI is InChI=1S/C32H38O12/c1-37-22-7-6-16(8-21(22)34)28(35)27(13-33)44-32-25(40-4)11-18(12-26(32)41-5)31-20-15-42-30(19(20)14-43-31)17-9-23(38-2)29(36)24(10-17)39-3/h6-12,19-20,27-28,30-31,33-36H,13-15H2,1-5H3/t19-,20-,27+,28+,30+,31+/m1/s1. The maximum Gasteiger partial charge on any atom is 0.204 e. The van der Waals surface area contributed by atoms with Crippen molar-refractivity contribution in [3.05, 3.63) is 59.2 Å². The van der Waals surface area contributed by atoms with E-state index in [1.165, 1.54) is 47.7 Å². The fraction of sp³-hybridized carbons (Fsp3) is 0.438. The Kier molecular flexibility index (Phi) is 9.45. The number of aliphatic hydroxyl groups is 2. The quantitative estimate of drug-likeness (QED) is 0.235. The van der Waals surface area contributed by atoms with E-state index in [0.29, 0.717) is 41.8 Å². The number of phenolic OH excluding ortho intramolecular Hbond substituents is 2. The summed E-state index contributed by atoms with van der Waals surface area (Å²) in [5, 5.41) is 41.7. The number of ether oxygens (including phenoxy) is 8. The summed E-state index contributed by atoms with van der Waals surface area (Å²) in [5.74, 6) is 1.45. The Morgan fingerprint density at radius 2 is 1.18 bits per heavy atom. The molecule has 12 heteroatoms. The lowest BCUT2D eigenvalue weighted by Crippen LogP contribution is -2.29. The van der Waals surface area contributed by atoms with E-state index in [2.05, 4.69) is 0 Å². The maximum absolute atomic E-state index is 11.0. The minimum atomic E-state index is -1.30. The predicted octanol–water partition coefficient (Wildman–Crippen LogP) is 3.69. The second-order valence-electron chi connectivity index (χ2n) is 10.6. The van der Waals surface area contributed by atoms with Crippen LogP contribution in [0.1, 0.15) is 35.0 Å². The van der Waals surface area contributed by atoms with Crippen LogP contribution < -0.4 is 28.4 Å². The number of aliphatic hydroxyl groups excluding tert-OH is 2. The van der Waals surface area contributed by atoms with E-state index in [-0.39, 0.29) is 47.0 Å². The Hall–Kier alpha value is -4.10. The van der Waals surface area contributed by atoms with Crippen molar-refractivity contribution in [1.82, 2.24) is 0 Å². The van der Waals surface area contributed by atoms with Gasteiger partial charge < -0.3 is 58.3 Å². The molecule has 0 aliphatic carbocycles. The van der Waals surface area contributed by atoms with Crippen LogP contribution in [-0.4, -0.2) is 81.9 Å². The highest BCUT2D eigenvalue weighted by atomic mass is 16.6. The van der Waals surface area contributed by atoms with Crippen molar-refractivity contribution in [1.29, 1.82) is 0 Å². The zero-order valence-electron chi connectivity index (χ0n) is 25.2. The van der Waals surface area contributed by atoms with Gasteiger partial charge in [0.05, 0.1) is 67.6 Å². The first kappa shape index (κ1) is 31.3. The second kappa shape index (κ2) is 13.3. The predicted molar refractivity (Wildman–Crippen MR) is 156 cm³/mol. The number of hydrogen-bond acceptors (Lipinski definition) is 12. The molecule has 2 heterocycles. The average molecular weight is 615 g/mol. The Labute approximate surface area is 255 Å². The average Bonchev–Trinajstić information content (AvgIpc) is 3.66. The third-order valence-corrected chi connectivity index (χ3v) is 8.25. The highest BCUT2D eigenvalue weighted by Gasteiger charge is 2.48. The van der Waals surface area contributed by atoms with E-state index in [4.69, 9.17) is 37.9 Å². The summed E-state index contributed by atoms with van der Waals surface area (Å²) in [6, 6.07) is 11.5. The normalized spacial score (nSPS) is 22.2. The fourth-order valence-electron chi connectivity index (χ4n) is 5.95. The van der Waals surface area contributed by atoms with E-state index in [0.717, 1.165) is 11.1 Å². The third kappa shape index (κ3) is 5.73. The molecule has 0 amide bonds. The van der Waals surface area contributed by atoms with E-state index in [9.17, 15) is 20.4 Å². The summed E-state index contributed by atoms with van der Waals surface area (Å²) in [4.78, 5) is 0. The van der Waals surface area contributed by atoms with Gasteiger partial charge in [-0.3, -0.25) is 0 Å². The van der Waals surface area contributed by atoms with Crippen molar-refractivity contribution in [3.63, 3.8) is 0 Å². The minimum absolute atomic E-state index is 0.00161. The monoisotopic (exact) mass is 614 g/mol. The molecule has 238 valence electrons. The SMILES string of the molecule is COc1ccc([C@H](O)[C@H](CO)Oc2c(OC)cc([C@@H]3OC[C@@H]4[C@H]3CO[C@H]4c3cc(OC)c(O)c(OC)c3)cc2OC)cc1O. The molecule has 12 nitrogen and oxygen atoms in total. The van der Waals surface area contributed by atoms with Gasteiger partial charge in [-0.1, -0.05) is 6.07 Å². The molecule has 0 aromatic heterocycles. The van der Waals surface area contributed by atoms with Crippen molar-refractivity contribution >= 4 is 0 Å². The lowest BCUT2D eigenvalue weighted by Gasteiger charge is -2.26. The molecule has 0 spiro atoms. The van der Waals surface area contributed by atoms with E-state index >= 15 is 0 Å². The van der Waals surface area contributed by atoms with Crippen LogP contribution in [0.2, 0.25) is 0 Å². The molecule has 3 aromatic carbocycles. The van der Waals surface area contributed by atoms with Crippen LogP contribution >= 0.6 is 0 Å². The Bertz CT molecular complexity index is 1410. The molecule has 2 saturated heterocycles. The molecule has 3 aromatic rings. The van der Waals surface area contributed by atoms with E-state index in [1.54, 1.807) is 30.3 Å². The summed E-state index contributed by atoms with van der Waals surface area (Å²) in [7, 11) is 7.35. The second-order valence-corrected chi connectivity index (χ2v) is 10.6. The molecule has 0 radical (unpaired) electrons. The number of aromatic hydroxyl groups is 2. The molecule has 2 fully saturated rings. The summed E-state index contributed by atoms with van der Waals surface area (Å²) in [5.41, 5.74) is 1.91. The van der Waals surface area contributed by atoms with Crippen molar-refractivity contribution in [2.24, 2.45) is 11.8 Å². The van der Waals surface area contributed by atoms with Crippen LogP contribution in [0.3, 0.4) is 0 Å². The fourth-order valence-corrected chi connectivity index (χ4v) is 5.95. The van der Waals surface area contributed by atoms with Crippen molar-refractivity contribution in [2.75, 3.05) is 55.4 Å². The number of fused-ring (bicyclic) bond motifs is 1. The summed E-state index contributed by atoms with van der Waals surface area (Å²) >= 11 is 0. The number of phenols is 2. The van der Waals surface area contributed by atoms with Gasteiger partial charge in [-0.25, -0.2) is 0 Å². The lowest BCUT2D eigenvalue weighted by molar-refractivity contribution is -0.00197. The Morgan fingerprint density at radius 3 is 1.61 bits per heavy atom. The molecule has 0 saturated carbocycles. The first-order valence-electron chi connectivity index (χ1n) is 14.0. The van der Waals surface area contributed by atoms with Gasteiger partial charge in [0.25, 0.3) is 0 Å². The smallest absolute Gasteiger partial charge is 0.204 e. The van der Waals surface area contributed by atoms with Crippen LogP contribution in [0.5, 0.6) is 46.0 Å². The van der Waals surface area contributed by atoms with Gasteiger partial charge in [-0.05, 0) is 53.1 Å². The van der Waals surface area contributed by atoms with E-state index < -0.39 is 18.8 Å². The number of hydrogen-bond donors (Lipinski definition) is 4. The van der Waals surface area contributed by atoms with Crippen LogP contribution in [-0.2, 0) is 9.47 Å². The minimum Gasteiger partial charge on any atom is -0.504 e. The maximum atomic E-state index is 11.0. The van der Waals surface area contributed by atoms with Gasteiger partial charge in [0, 0.05) is 11.8 Å². The van der Waals surface area contributed by atoms with E-state index in [1.807, 2.05) is 0 Å². The van der Waals surface area contributed by atoms with Crippen LogP contribution in [0.4, 0.5) is 0 Å². The molecule has 4 N–H and O–H groups in total. The van der Waals surface area contributed by atoms with Gasteiger partial charge in [-0.15, -0.1) is 0 Å². The summed E-state index contributed by atoms with van der Waals surface area (Å²) in [6.45, 7) is 0.326. The van der Waals surface area contributed by atoms with Crippen molar-refractivity contribution < 1.29 is 58.3 Å². The Balaban J connectivity index is 1.39. The molecule has 0 unspecified atom stereocenters. The zero-order valence-corrected chi connectivity index (χ0v) is 25.2. The number of methoxy groups -OCH3 is 5. The molecule has 0 bridgehead atoms. The molecular formula is C32H38O12. The van der Waals surface area contributed by atoms with Gasteiger partial charge in [0.1, 0.15) is 6.10 Å². The van der Waals surface area contributed by atoms with Gasteiger partial charge >= 0.3 is 0 Å². The first-order valence-corrected chi connectivity index (χ1v) is 14.0. The largest absolute Gasteiger partial charge is 0.504 e. The topological polar surface area (TPSA) is 155 Å². The highest BCUT2D eigenvalue weighted by molar-refractivity contribution is 5.55. The number of benzene rings is 3. The van der Waals surface area contributed by atoms with Crippen LogP contribution in [0.25, 0.3) is 0 Å². The Morgan fingerprint density at radius 1 is 0.705 bits per heavy atom. The molecule has 6 atom stereocenters. The highest BCUT2D eigenvalue weighted by Crippen LogP contribution is 2.53. The molecule has 2 aliphatic heterocycles.